The topological polar surface area (TPSA) is 70.2 Å². The Morgan fingerprint density at radius 3 is 1.88 bits per heavy atom. The van der Waals surface area contributed by atoms with Gasteiger partial charge < -0.3 is 16.0 Å². The Balaban J connectivity index is 0.00000128. The van der Waals surface area contributed by atoms with Crippen LogP contribution in [0.15, 0.2) is 0 Å². The minimum absolute atomic E-state index is 0. The van der Waals surface area contributed by atoms with Crippen LogP contribution in [0.3, 0.4) is 0 Å². The van der Waals surface area contributed by atoms with Crippen molar-refractivity contribution in [1.82, 2.24) is 16.0 Å². The Morgan fingerprint density at radius 2 is 1.50 bits per heavy atom. The van der Waals surface area contributed by atoms with Gasteiger partial charge in [0.15, 0.2) is 0 Å². The fourth-order valence-corrected chi connectivity index (χ4v) is 1.48. The van der Waals surface area contributed by atoms with Crippen molar-refractivity contribution in [1.29, 1.82) is 0 Å². The lowest BCUT2D eigenvalue weighted by atomic mass is 10.0. The van der Waals surface area contributed by atoms with E-state index in [1.807, 2.05) is 0 Å². The zero-order valence-corrected chi connectivity index (χ0v) is 9.94. The summed E-state index contributed by atoms with van der Waals surface area (Å²) in [5.41, 5.74) is 0. The van der Waals surface area contributed by atoms with Crippen molar-refractivity contribution in [3.05, 3.63) is 0 Å². The minimum Gasteiger partial charge on any atom is -0.354 e. The maximum atomic E-state index is 11.4. The van der Waals surface area contributed by atoms with E-state index >= 15 is 0 Å². The number of carbonyl (C=O) groups is 2. The summed E-state index contributed by atoms with van der Waals surface area (Å²) in [5, 5.41) is 8.65. The van der Waals surface area contributed by atoms with Gasteiger partial charge in [0.25, 0.3) is 0 Å². The van der Waals surface area contributed by atoms with Gasteiger partial charge in [0.05, 0.1) is 5.92 Å². The van der Waals surface area contributed by atoms with Crippen molar-refractivity contribution in [2.24, 2.45) is 11.8 Å². The number of hydrogen-bond donors (Lipinski definition) is 3. The number of halogens is 1. The van der Waals surface area contributed by atoms with Gasteiger partial charge in [-0.3, -0.25) is 9.59 Å². The van der Waals surface area contributed by atoms with Gasteiger partial charge in [-0.1, -0.05) is 0 Å². The van der Waals surface area contributed by atoms with Crippen LogP contribution in [-0.2, 0) is 9.59 Å². The predicted octanol–water partition coefficient (Wildman–Crippen LogP) is -0.730. The molecular formula is C10H18ClN3O2. The van der Waals surface area contributed by atoms with Crippen LogP contribution in [0, 0.1) is 11.8 Å². The first kappa shape index (κ1) is 13.3. The third-order valence-electron chi connectivity index (χ3n) is 2.82. The Kier molecular flexibility index (Phi) is 5.02. The molecule has 0 aromatic carbocycles. The molecule has 3 N–H and O–H groups in total. The monoisotopic (exact) mass is 247 g/mol. The zero-order valence-electron chi connectivity index (χ0n) is 9.12. The van der Waals surface area contributed by atoms with Crippen molar-refractivity contribution in [3.63, 3.8) is 0 Å². The summed E-state index contributed by atoms with van der Waals surface area (Å²) < 4.78 is 0. The molecule has 0 aromatic rings. The van der Waals surface area contributed by atoms with E-state index in [0.717, 1.165) is 25.9 Å². The first-order valence-electron chi connectivity index (χ1n) is 5.53. The number of amides is 2. The van der Waals surface area contributed by atoms with Gasteiger partial charge in [0, 0.05) is 32.1 Å². The molecule has 16 heavy (non-hydrogen) atoms. The van der Waals surface area contributed by atoms with Gasteiger partial charge in [-0.05, 0) is 12.8 Å². The van der Waals surface area contributed by atoms with Crippen LogP contribution in [0.4, 0.5) is 0 Å². The third-order valence-corrected chi connectivity index (χ3v) is 2.82. The molecule has 2 amide bonds. The molecule has 1 aliphatic heterocycles. The highest BCUT2D eigenvalue weighted by Gasteiger charge is 2.29. The second-order valence-corrected chi connectivity index (χ2v) is 4.21. The highest BCUT2D eigenvalue weighted by atomic mass is 35.5. The zero-order chi connectivity index (χ0) is 10.7. The van der Waals surface area contributed by atoms with Crippen LogP contribution in [0.2, 0.25) is 0 Å². The Bertz CT molecular complexity index is 265. The quantitative estimate of drug-likeness (QED) is 0.561. The van der Waals surface area contributed by atoms with Crippen LogP contribution in [0.1, 0.15) is 12.8 Å². The van der Waals surface area contributed by atoms with E-state index in [1.54, 1.807) is 0 Å². The number of rotatable bonds is 5. The van der Waals surface area contributed by atoms with Crippen LogP contribution in [-0.4, -0.2) is 38.0 Å². The lowest BCUT2D eigenvalue weighted by Gasteiger charge is -2.25. The van der Waals surface area contributed by atoms with E-state index in [1.165, 1.54) is 0 Å². The van der Waals surface area contributed by atoms with E-state index in [2.05, 4.69) is 16.0 Å². The molecule has 1 saturated carbocycles. The molecule has 2 rings (SSSR count). The molecule has 2 fully saturated rings. The molecule has 5 nitrogen and oxygen atoms in total. The van der Waals surface area contributed by atoms with Gasteiger partial charge in [-0.15, -0.1) is 12.4 Å². The summed E-state index contributed by atoms with van der Waals surface area (Å²) in [5.74, 6) is 0.602. The van der Waals surface area contributed by atoms with Gasteiger partial charge in [-0.25, -0.2) is 0 Å². The van der Waals surface area contributed by atoms with Crippen molar-refractivity contribution in [3.8, 4) is 0 Å². The lowest BCUT2D eigenvalue weighted by molar-refractivity contribution is -0.127. The smallest absolute Gasteiger partial charge is 0.225 e. The minimum atomic E-state index is 0. The van der Waals surface area contributed by atoms with Crippen LogP contribution in [0.25, 0.3) is 0 Å². The molecule has 0 radical (unpaired) electrons. The lowest BCUT2D eigenvalue weighted by Crippen LogP contribution is -2.51. The molecule has 0 aromatic heterocycles. The van der Waals surface area contributed by atoms with Crippen molar-refractivity contribution >= 4 is 24.2 Å². The summed E-state index contributed by atoms with van der Waals surface area (Å²) in [6.07, 6.45) is 2.04. The summed E-state index contributed by atoms with van der Waals surface area (Å²) in [4.78, 5) is 22.6. The maximum Gasteiger partial charge on any atom is 0.225 e. The van der Waals surface area contributed by atoms with Crippen LogP contribution in [0.5, 0.6) is 0 Å². The maximum absolute atomic E-state index is 11.4. The third kappa shape index (κ3) is 3.64. The molecule has 92 valence electrons. The van der Waals surface area contributed by atoms with Crippen LogP contribution >= 0.6 is 12.4 Å². The summed E-state index contributed by atoms with van der Waals surface area (Å²) in [6, 6.07) is 0. The largest absolute Gasteiger partial charge is 0.354 e. The number of nitrogens with one attached hydrogen (secondary N) is 3. The first-order chi connectivity index (χ1) is 7.27. The van der Waals surface area contributed by atoms with Crippen molar-refractivity contribution < 1.29 is 9.59 Å². The molecule has 0 bridgehead atoms. The summed E-state index contributed by atoms with van der Waals surface area (Å²) in [7, 11) is 0. The van der Waals surface area contributed by atoms with E-state index in [4.69, 9.17) is 0 Å². The van der Waals surface area contributed by atoms with Gasteiger partial charge in [0.2, 0.25) is 11.8 Å². The van der Waals surface area contributed by atoms with Gasteiger partial charge in [-0.2, -0.15) is 0 Å². The Morgan fingerprint density at radius 1 is 1.00 bits per heavy atom. The average Bonchev–Trinajstić information content (AvgIpc) is 2.91. The number of hydrogen-bond acceptors (Lipinski definition) is 3. The molecule has 1 heterocycles. The molecule has 0 spiro atoms. The Hall–Kier alpha value is -0.810. The van der Waals surface area contributed by atoms with Crippen molar-refractivity contribution in [2.75, 3.05) is 26.2 Å². The normalized spacial score (nSPS) is 19.2. The summed E-state index contributed by atoms with van der Waals surface area (Å²) >= 11 is 0. The fraction of sp³-hybridized carbons (Fsp3) is 0.800. The molecule has 2 aliphatic rings. The molecule has 1 saturated heterocycles. The predicted molar refractivity (Wildman–Crippen MR) is 62.4 cm³/mol. The van der Waals surface area contributed by atoms with E-state index in [-0.39, 0.29) is 36.1 Å². The van der Waals surface area contributed by atoms with Crippen LogP contribution < -0.4 is 16.0 Å². The first-order valence-corrected chi connectivity index (χ1v) is 5.53. The molecular weight excluding hydrogens is 230 g/mol. The second-order valence-electron chi connectivity index (χ2n) is 4.21. The van der Waals surface area contributed by atoms with E-state index in [9.17, 15) is 9.59 Å². The van der Waals surface area contributed by atoms with Gasteiger partial charge >= 0.3 is 0 Å². The highest BCUT2D eigenvalue weighted by molar-refractivity contribution is 5.85. The van der Waals surface area contributed by atoms with Crippen molar-refractivity contribution in [2.45, 2.75) is 12.8 Å². The molecule has 0 atom stereocenters. The second kappa shape index (κ2) is 6.06. The Labute approximate surface area is 101 Å². The highest BCUT2D eigenvalue weighted by Crippen LogP contribution is 2.28. The SMILES string of the molecule is Cl.O=C(NCCNC(=O)C1CNC1)C1CC1. The standard InChI is InChI=1S/C10H17N3O2.ClH/c14-9(7-1-2-7)12-3-4-13-10(15)8-5-11-6-8;/h7-8,11H,1-6H2,(H,12,14)(H,13,15);1H. The molecule has 0 unspecified atom stereocenters. The van der Waals surface area contributed by atoms with Gasteiger partial charge in [0.1, 0.15) is 0 Å². The molecule has 1 aliphatic carbocycles. The van der Waals surface area contributed by atoms with E-state index in [0.29, 0.717) is 13.1 Å². The fourth-order valence-electron chi connectivity index (χ4n) is 1.48. The average molecular weight is 248 g/mol. The summed E-state index contributed by atoms with van der Waals surface area (Å²) in [6.45, 7) is 2.63. The number of carbonyl (C=O) groups excluding carboxylic acids is 2. The van der Waals surface area contributed by atoms with E-state index < -0.39 is 0 Å². The molecule has 6 heteroatoms.